The first-order valence-corrected chi connectivity index (χ1v) is 9.68. The summed E-state index contributed by atoms with van der Waals surface area (Å²) in [4.78, 5) is 0. The zero-order valence-corrected chi connectivity index (χ0v) is 16.7. The van der Waals surface area contributed by atoms with Crippen molar-refractivity contribution in [2.24, 2.45) is 0 Å². The van der Waals surface area contributed by atoms with Crippen LogP contribution < -0.4 is 9.47 Å². The molecular weight excluding hydrogens is 389 g/mol. The van der Waals surface area contributed by atoms with Gasteiger partial charge < -0.3 is 9.47 Å². The summed E-state index contributed by atoms with van der Waals surface area (Å²) < 4.78 is 51.0. The molecule has 0 amide bonds. The molecule has 30 heavy (non-hydrogen) atoms. The van der Waals surface area contributed by atoms with Gasteiger partial charge in [0.05, 0.1) is 0 Å². The minimum atomic E-state index is -3.03. The van der Waals surface area contributed by atoms with Crippen molar-refractivity contribution >= 4 is 10.8 Å². The molecule has 3 rings (SSSR count). The number of hydrogen-bond acceptors (Lipinski definition) is 2. The average Bonchev–Trinajstić information content (AvgIpc) is 2.73. The normalized spacial score (nSPS) is 11.4. The van der Waals surface area contributed by atoms with Gasteiger partial charge in [-0.05, 0) is 60.5 Å². The van der Waals surface area contributed by atoms with Crippen molar-refractivity contribution in [3.05, 3.63) is 84.7 Å². The fourth-order valence-electron chi connectivity index (χ4n) is 3.23. The van der Waals surface area contributed by atoms with Crippen LogP contribution in [0, 0.1) is 5.82 Å². The molecule has 0 aromatic heterocycles. The molecule has 5 heteroatoms. The molecule has 0 bridgehead atoms. The van der Waals surface area contributed by atoms with E-state index in [9.17, 15) is 8.78 Å². The van der Waals surface area contributed by atoms with E-state index >= 15 is 4.39 Å². The summed E-state index contributed by atoms with van der Waals surface area (Å²) in [6, 6.07) is 14.2. The van der Waals surface area contributed by atoms with Gasteiger partial charge in [0, 0.05) is 10.9 Å². The van der Waals surface area contributed by atoms with Gasteiger partial charge in [0.2, 0.25) is 0 Å². The smallest absolute Gasteiger partial charge is 0.387 e. The molecule has 0 atom stereocenters. The number of benzene rings is 3. The quantitative estimate of drug-likeness (QED) is 0.343. The second-order valence-corrected chi connectivity index (χ2v) is 6.71. The highest BCUT2D eigenvalue weighted by molar-refractivity contribution is 5.90. The molecule has 0 spiro atoms. The fraction of sp³-hybridized carbons (Fsp3) is 0.200. The maximum atomic E-state index is 15.1. The van der Waals surface area contributed by atoms with Gasteiger partial charge in [-0.1, -0.05) is 42.5 Å². The topological polar surface area (TPSA) is 18.5 Å². The minimum Gasteiger partial charge on any atom is -0.490 e. The van der Waals surface area contributed by atoms with Crippen molar-refractivity contribution in [1.29, 1.82) is 0 Å². The highest BCUT2D eigenvalue weighted by Gasteiger charge is 2.17. The van der Waals surface area contributed by atoms with Gasteiger partial charge in [-0.15, -0.1) is 6.58 Å². The van der Waals surface area contributed by atoms with Gasteiger partial charge >= 0.3 is 6.61 Å². The zero-order chi connectivity index (χ0) is 21.5. The molecule has 3 aromatic rings. The maximum absolute atomic E-state index is 15.1. The van der Waals surface area contributed by atoms with Crippen molar-refractivity contribution in [2.45, 2.75) is 26.4 Å². The zero-order valence-electron chi connectivity index (χ0n) is 16.7. The second-order valence-electron chi connectivity index (χ2n) is 6.71. The molecule has 0 aliphatic heterocycles. The van der Waals surface area contributed by atoms with E-state index in [4.69, 9.17) is 4.74 Å². The molecule has 0 aliphatic carbocycles. The number of hydrogen-bond donors (Lipinski definition) is 0. The predicted octanol–water partition coefficient (Wildman–Crippen LogP) is 7.32. The van der Waals surface area contributed by atoms with Crippen LogP contribution in [0.2, 0.25) is 0 Å². The molecule has 0 saturated heterocycles. The molecule has 0 N–H and O–H groups in total. The van der Waals surface area contributed by atoms with Crippen molar-refractivity contribution in [1.82, 2.24) is 0 Å². The average molecular weight is 412 g/mol. The summed E-state index contributed by atoms with van der Waals surface area (Å²) in [7, 11) is 0. The lowest BCUT2D eigenvalue weighted by Crippen LogP contribution is -2.06. The summed E-state index contributed by atoms with van der Waals surface area (Å²) in [5, 5.41) is 0.863. The van der Waals surface area contributed by atoms with E-state index in [0.29, 0.717) is 23.8 Å². The predicted molar refractivity (Wildman–Crippen MR) is 115 cm³/mol. The third-order valence-corrected chi connectivity index (χ3v) is 4.72. The van der Waals surface area contributed by atoms with Gasteiger partial charge in [0.1, 0.15) is 23.9 Å². The molecule has 0 heterocycles. The van der Waals surface area contributed by atoms with Gasteiger partial charge in [0.15, 0.2) is 0 Å². The SMILES string of the molecule is C=CCCc1c(OC(F)F)cc2cc(-c3ccc(OCC=CC)cc3)ccc2c1F. The lowest BCUT2D eigenvalue weighted by Gasteiger charge is -2.14. The Morgan fingerprint density at radius 1 is 1.03 bits per heavy atom. The largest absolute Gasteiger partial charge is 0.490 e. The Bertz CT molecular complexity index is 1040. The van der Waals surface area contributed by atoms with Crippen LogP contribution in [0.25, 0.3) is 21.9 Å². The maximum Gasteiger partial charge on any atom is 0.387 e. The number of alkyl halides is 2. The Kier molecular flexibility index (Phi) is 7.17. The van der Waals surface area contributed by atoms with Crippen LogP contribution in [0.1, 0.15) is 18.9 Å². The Hall–Kier alpha value is -3.21. The highest BCUT2D eigenvalue weighted by Crippen LogP contribution is 2.34. The van der Waals surface area contributed by atoms with Crippen LogP contribution in [-0.4, -0.2) is 13.2 Å². The summed E-state index contributed by atoms with van der Waals surface area (Å²) in [5.74, 6) is 0.0640. The van der Waals surface area contributed by atoms with E-state index in [1.54, 1.807) is 18.2 Å². The number of ether oxygens (including phenoxy) is 2. The second kappa shape index (κ2) is 10.0. The summed E-state index contributed by atoms with van der Waals surface area (Å²) >= 11 is 0. The third kappa shape index (κ3) is 5.03. The first-order chi connectivity index (χ1) is 14.5. The van der Waals surface area contributed by atoms with E-state index in [0.717, 1.165) is 16.9 Å². The summed E-state index contributed by atoms with van der Waals surface area (Å²) in [6.07, 6.45) is 6.14. The van der Waals surface area contributed by atoms with Crippen LogP contribution in [0.5, 0.6) is 11.5 Å². The van der Waals surface area contributed by atoms with Crippen LogP contribution in [-0.2, 0) is 6.42 Å². The van der Waals surface area contributed by atoms with E-state index in [1.165, 1.54) is 6.07 Å². The third-order valence-electron chi connectivity index (χ3n) is 4.72. The first kappa shape index (κ1) is 21.5. The molecule has 0 saturated carbocycles. The number of fused-ring (bicyclic) bond motifs is 1. The Balaban J connectivity index is 1.97. The van der Waals surface area contributed by atoms with Gasteiger partial charge in [-0.3, -0.25) is 0 Å². The summed E-state index contributed by atoms with van der Waals surface area (Å²) in [6.45, 7) is 3.00. The number of rotatable bonds is 9. The highest BCUT2D eigenvalue weighted by atomic mass is 19.3. The van der Waals surface area contributed by atoms with Crippen molar-refractivity contribution in [2.75, 3.05) is 6.61 Å². The Labute approximate surface area is 174 Å². The van der Waals surface area contributed by atoms with E-state index < -0.39 is 12.4 Å². The van der Waals surface area contributed by atoms with E-state index in [-0.39, 0.29) is 17.7 Å². The molecular formula is C25H23F3O2. The lowest BCUT2D eigenvalue weighted by molar-refractivity contribution is -0.0505. The molecule has 0 aliphatic rings. The van der Waals surface area contributed by atoms with Gasteiger partial charge in [-0.2, -0.15) is 8.78 Å². The number of allylic oxidation sites excluding steroid dienone is 2. The van der Waals surface area contributed by atoms with Crippen LogP contribution in [0.4, 0.5) is 13.2 Å². The van der Waals surface area contributed by atoms with Gasteiger partial charge in [0.25, 0.3) is 0 Å². The molecule has 2 nitrogen and oxygen atoms in total. The van der Waals surface area contributed by atoms with Crippen LogP contribution >= 0.6 is 0 Å². The molecule has 156 valence electrons. The van der Waals surface area contributed by atoms with Crippen molar-refractivity contribution in [3.63, 3.8) is 0 Å². The molecule has 0 radical (unpaired) electrons. The van der Waals surface area contributed by atoms with E-state index in [2.05, 4.69) is 11.3 Å². The van der Waals surface area contributed by atoms with Crippen LogP contribution in [0.15, 0.2) is 73.3 Å². The monoisotopic (exact) mass is 412 g/mol. The van der Waals surface area contributed by atoms with Crippen molar-refractivity contribution < 1.29 is 22.6 Å². The fourth-order valence-corrected chi connectivity index (χ4v) is 3.23. The molecule has 0 fully saturated rings. The van der Waals surface area contributed by atoms with Crippen molar-refractivity contribution in [3.8, 4) is 22.6 Å². The van der Waals surface area contributed by atoms with Gasteiger partial charge in [-0.25, -0.2) is 4.39 Å². The summed E-state index contributed by atoms with van der Waals surface area (Å²) in [5.41, 5.74) is 1.88. The van der Waals surface area contributed by atoms with Crippen LogP contribution in [0.3, 0.4) is 0 Å². The first-order valence-electron chi connectivity index (χ1n) is 9.68. The van der Waals surface area contributed by atoms with E-state index in [1.807, 2.05) is 49.4 Å². The number of halogens is 3. The Morgan fingerprint density at radius 3 is 2.43 bits per heavy atom. The lowest BCUT2D eigenvalue weighted by atomic mass is 9.97. The standard InChI is InChI=1S/C25H23F3O2/c1-3-5-7-22-23(30-25(27)28)16-19-15-18(10-13-21(19)24(22)26)17-8-11-20(12-9-17)29-14-6-4-2/h3-4,6,8-13,15-16,25H,1,5,7,14H2,2H3. The Morgan fingerprint density at radius 2 is 1.77 bits per heavy atom. The molecule has 0 unspecified atom stereocenters. The molecule has 3 aromatic carbocycles. The minimum absolute atomic E-state index is 0.137.